The van der Waals surface area contributed by atoms with Crippen LogP contribution in [0.1, 0.15) is 26.0 Å². The highest BCUT2D eigenvalue weighted by molar-refractivity contribution is 5.57. The highest BCUT2D eigenvalue weighted by atomic mass is 16.3. The van der Waals surface area contributed by atoms with E-state index in [1.165, 1.54) is 0 Å². The van der Waals surface area contributed by atoms with Gasteiger partial charge in [0.25, 0.3) is 0 Å². The minimum atomic E-state index is 0.757. The molecule has 0 atom stereocenters. The largest absolute Gasteiger partial charge is 0.467 e. The van der Waals surface area contributed by atoms with E-state index in [-0.39, 0.29) is 0 Å². The molecule has 2 aromatic heterocycles. The van der Waals surface area contributed by atoms with Gasteiger partial charge in [0.05, 0.1) is 18.4 Å². The van der Waals surface area contributed by atoms with Crippen molar-refractivity contribution in [2.75, 3.05) is 6.54 Å². The molecule has 2 heterocycles. The van der Waals surface area contributed by atoms with E-state index < -0.39 is 0 Å². The third-order valence-corrected chi connectivity index (χ3v) is 2.75. The van der Waals surface area contributed by atoms with Gasteiger partial charge < -0.3 is 14.3 Å². The van der Waals surface area contributed by atoms with Crippen LogP contribution in [0.3, 0.4) is 0 Å². The number of aryl methyl sites for hydroxylation is 1. The fourth-order valence-electron chi connectivity index (χ4n) is 1.86. The lowest BCUT2D eigenvalue weighted by molar-refractivity contribution is 0.484. The second-order valence-electron chi connectivity index (χ2n) is 3.97. The Morgan fingerprint density at radius 2 is 2.29 bits per heavy atom. The van der Waals surface area contributed by atoms with Gasteiger partial charge in [-0.05, 0) is 26.0 Å². The molecule has 0 radical (unpaired) electrons. The summed E-state index contributed by atoms with van der Waals surface area (Å²) in [7, 11) is 0. The van der Waals surface area contributed by atoms with E-state index in [1.54, 1.807) is 6.26 Å². The number of rotatable bonds is 6. The quantitative estimate of drug-likeness (QED) is 0.780. The van der Waals surface area contributed by atoms with E-state index in [9.17, 15) is 0 Å². The Hall–Kier alpha value is -1.55. The van der Waals surface area contributed by atoms with E-state index in [2.05, 4.69) is 28.7 Å². The number of aromatic nitrogens is 2. The lowest BCUT2D eigenvalue weighted by Crippen LogP contribution is -2.14. The van der Waals surface area contributed by atoms with Gasteiger partial charge in [-0.15, -0.1) is 0 Å². The smallest absolute Gasteiger partial charge is 0.143 e. The molecule has 0 spiro atoms. The minimum absolute atomic E-state index is 0.757. The summed E-state index contributed by atoms with van der Waals surface area (Å²) in [4.78, 5) is 4.39. The third kappa shape index (κ3) is 2.58. The van der Waals surface area contributed by atoms with Gasteiger partial charge >= 0.3 is 0 Å². The van der Waals surface area contributed by atoms with Crippen molar-refractivity contribution in [3.63, 3.8) is 0 Å². The molecule has 0 aromatic carbocycles. The Balaban J connectivity index is 2.18. The summed E-state index contributed by atoms with van der Waals surface area (Å²) in [5, 5.41) is 3.35. The zero-order valence-electron chi connectivity index (χ0n) is 10.4. The topological polar surface area (TPSA) is 43.0 Å². The molecular formula is C13H19N3O. The molecule has 17 heavy (non-hydrogen) atoms. The van der Waals surface area contributed by atoms with Crippen molar-refractivity contribution in [2.24, 2.45) is 0 Å². The van der Waals surface area contributed by atoms with Crippen LogP contribution in [0.25, 0.3) is 11.4 Å². The van der Waals surface area contributed by atoms with Gasteiger partial charge in [-0.1, -0.05) is 6.92 Å². The molecule has 92 valence electrons. The average Bonchev–Trinajstić information content (AvgIpc) is 2.96. The zero-order valence-corrected chi connectivity index (χ0v) is 10.4. The zero-order chi connectivity index (χ0) is 12.1. The molecule has 0 aliphatic carbocycles. The van der Waals surface area contributed by atoms with Gasteiger partial charge in [-0.3, -0.25) is 0 Å². The highest BCUT2D eigenvalue weighted by Gasteiger charge is 2.12. The van der Waals surface area contributed by atoms with Crippen LogP contribution >= 0.6 is 0 Å². The molecule has 1 N–H and O–H groups in total. The summed E-state index contributed by atoms with van der Waals surface area (Å²) < 4.78 is 7.64. The normalized spacial score (nSPS) is 10.9. The maximum absolute atomic E-state index is 5.52. The molecule has 4 nitrogen and oxygen atoms in total. The predicted molar refractivity (Wildman–Crippen MR) is 67.6 cm³/mol. The summed E-state index contributed by atoms with van der Waals surface area (Å²) in [6.45, 7) is 6.94. The van der Waals surface area contributed by atoms with Crippen molar-refractivity contribution in [2.45, 2.75) is 33.4 Å². The predicted octanol–water partition coefficient (Wildman–Crippen LogP) is 2.66. The Labute approximate surface area is 102 Å². The van der Waals surface area contributed by atoms with Gasteiger partial charge in [0, 0.05) is 18.9 Å². The summed E-state index contributed by atoms with van der Waals surface area (Å²) in [6, 6.07) is 1.98. The summed E-state index contributed by atoms with van der Waals surface area (Å²) in [5.74, 6) is 1.94. The summed E-state index contributed by atoms with van der Waals surface area (Å²) >= 11 is 0. The van der Waals surface area contributed by atoms with E-state index in [4.69, 9.17) is 4.42 Å². The SMILES string of the molecule is CCCNCc1occc1-c1nccn1CC. The molecule has 2 rings (SSSR count). The monoisotopic (exact) mass is 233 g/mol. The molecule has 0 bridgehead atoms. The lowest BCUT2D eigenvalue weighted by Gasteiger charge is -2.05. The molecule has 4 heteroatoms. The van der Waals surface area contributed by atoms with Crippen LogP contribution in [0, 0.1) is 0 Å². The molecule has 0 saturated heterocycles. The molecule has 0 unspecified atom stereocenters. The Bertz CT molecular complexity index is 459. The van der Waals surface area contributed by atoms with Gasteiger partial charge in [-0.25, -0.2) is 4.98 Å². The second-order valence-corrected chi connectivity index (χ2v) is 3.97. The Kier molecular flexibility index (Phi) is 3.98. The maximum atomic E-state index is 5.52. The van der Waals surface area contributed by atoms with Crippen molar-refractivity contribution >= 4 is 0 Å². The molecule has 0 aliphatic heterocycles. The van der Waals surface area contributed by atoms with Gasteiger partial charge in [0.1, 0.15) is 11.6 Å². The second kappa shape index (κ2) is 5.68. The summed E-state index contributed by atoms with van der Waals surface area (Å²) in [6.07, 6.45) is 6.67. The Morgan fingerprint density at radius 3 is 3.06 bits per heavy atom. The summed E-state index contributed by atoms with van der Waals surface area (Å²) in [5.41, 5.74) is 1.08. The molecule has 2 aromatic rings. The van der Waals surface area contributed by atoms with E-state index in [1.807, 2.05) is 18.5 Å². The number of hydrogen-bond donors (Lipinski definition) is 1. The average molecular weight is 233 g/mol. The first kappa shape index (κ1) is 11.9. The van der Waals surface area contributed by atoms with Crippen molar-refractivity contribution in [1.29, 1.82) is 0 Å². The van der Waals surface area contributed by atoms with Crippen molar-refractivity contribution < 1.29 is 4.42 Å². The molecule has 0 saturated carbocycles. The molecule has 0 aliphatic rings. The number of nitrogens with one attached hydrogen (secondary N) is 1. The molecular weight excluding hydrogens is 214 g/mol. The van der Waals surface area contributed by atoms with Crippen LogP contribution in [-0.4, -0.2) is 16.1 Å². The van der Waals surface area contributed by atoms with E-state index in [0.717, 1.165) is 43.2 Å². The standard InChI is InChI=1S/C13H19N3O/c1-3-6-14-10-12-11(5-9-17-12)13-15-7-8-16(13)4-2/h5,7-9,14H,3-4,6,10H2,1-2H3. The minimum Gasteiger partial charge on any atom is -0.467 e. The van der Waals surface area contributed by atoms with Gasteiger partial charge in [0.2, 0.25) is 0 Å². The number of furan rings is 1. The lowest BCUT2D eigenvalue weighted by atomic mass is 10.2. The van der Waals surface area contributed by atoms with Crippen LogP contribution in [-0.2, 0) is 13.1 Å². The van der Waals surface area contributed by atoms with E-state index in [0.29, 0.717) is 0 Å². The van der Waals surface area contributed by atoms with Crippen LogP contribution in [0.5, 0.6) is 0 Å². The van der Waals surface area contributed by atoms with Crippen LogP contribution < -0.4 is 5.32 Å². The maximum Gasteiger partial charge on any atom is 0.143 e. The fourth-order valence-corrected chi connectivity index (χ4v) is 1.86. The van der Waals surface area contributed by atoms with Crippen molar-refractivity contribution in [3.05, 3.63) is 30.5 Å². The molecule has 0 amide bonds. The van der Waals surface area contributed by atoms with Gasteiger partial charge in [-0.2, -0.15) is 0 Å². The van der Waals surface area contributed by atoms with Crippen LogP contribution in [0.15, 0.2) is 29.1 Å². The Morgan fingerprint density at radius 1 is 1.41 bits per heavy atom. The highest BCUT2D eigenvalue weighted by Crippen LogP contribution is 2.23. The number of imidazole rings is 1. The first-order valence-electron chi connectivity index (χ1n) is 6.15. The van der Waals surface area contributed by atoms with Gasteiger partial charge in [0.15, 0.2) is 0 Å². The van der Waals surface area contributed by atoms with Crippen molar-refractivity contribution in [3.8, 4) is 11.4 Å². The van der Waals surface area contributed by atoms with Crippen molar-refractivity contribution in [1.82, 2.24) is 14.9 Å². The van der Waals surface area contributed by atoms with E-state index >= 15 is 0 Å². The van der Waals surface area contributed by atoms with Crippen LogP contribution in [0.4, 0.5) is 0 Å². The number of nitrogens with zero attached hydrogens (tertiary/aromatic N) is 2. The first-order chi connectivity index (χ1) is 8.36. The third-order valence-electron chi connectivity index (χ3n) is 2.75. The first-order valence-corrected chi connectivity index (χ1v) is 6.15. The van der Waals surface area contributed by atoms with Crippen LogP contribution in [0.2, 0.25) is 0 Å². The molecule has 0 fully saturated rings. The fraction of sp³-hybridized carbons (Fsp3) is 0.462. The number of hydrogen-bond acceptors (Lipinski definition) is 3.